The number of para-hydroxylation sites is 1. The molecule has 2 rings (SSSR count). The molecular formula is C14H12F2N2O3. The van der Waals surface area contributed by atoms with E-state index in [9.17, 15) is 24.0 Å². The fourth-order valence-corrected chi connectivity index (χ4v) is 1.91. The van der Waals surface area contributed by atoms with Crippen molar-refractivity contribution in [2.24, 2.45) is 0 Å². The van der Waals surface area contributed by atoms with Crippen molar-refractivity contribution in [3.63, 3.8) is 0 Å². The molecule has 2 N–H and O–H groups in total. The Hall–Kier alpha value is -2.70. The summed E-state index contributed by atoms with van der Waals surface area (Å²) in [5.74, 6) is -2.50. The molecule has 2 aromatic carbocycles. The van der Waals surface area contributed by atoms with Gasteiger partial charge in [-0.05, 0) is 18.6 Å². The highest BCUT2D eigenvalue weighted by Gasteiger charge is 2.21. The van der Waals surface area contributed by atoms with Crippen LogP contribution in [0.15, 0.2) is 30.3 Å². The molecule has 0 aliphatic carbocycles. The molecule has 0 unspecified atom stereocenters. The highest BCUT2D eigenvalue weighted by Crippen LogP contribution is 2.30. The lowest BCUT2D eigenvalue weighted by atomic mass is 10.1. The number of aromatic hydroxyl groups is 1. The average Bonchev–Trinajstić information content (AvgIpc) is 2.44. The van der Waals surface area contributed by atoms with Crippen LogP contribution in [0.5, 0.6) is 5.75 Å². The summed E-state index contributed by atoms with van der Waals surface area (Å²) in [7, 11) is 0. The molecule has 0 bridgehead atoms. The number of phenolic OH excluding ortho intramolecular Hbond substituents is 1. The van der Waals surface area contributed by atoms with E-state index in [0.29, 0.717) is 17.2 Å². The number of anilines is 1. The maximum Gasteiger partial charge on any atom is 0.295 e. The van der Waals surface area contributed by atoms with E-state index in [2.05, 4.69) is 5.32 Å². The summed E-state index contributed by atoms with van der Waals surface area (Å²) in [4.78, 5) is 10.0. The van der Waals surface area contributed by atoms with Gasteiger partial charge in [-0.25, -0.2) is 8.78 Å². The first-order valence-electron chi connectivity index (χ1n) is 6.05. The number of aryl methyl sites for hydroxylation is 1. The molecule has 0 saturated heterocycles. The lowest BCUT2D eigenvalue weighted by molar-refractivity contribution is -0.384. The van der Waals surface area contributed by atoms with Gasteiger partial charge in [0.15, 0.2) is 17.3 Å². The van der Waals surface area contributed by atoms with Crippen LogP contribution in [-0.4, -0.2) is 10.0 Å². The van der Waals surface area contributed by atoms with Gasteiger partial charge in [-0.2, -0.15) is 0 Å². The number of nitro groups is 1. The first kappa shape index (κ1) is 14.7. The highest BCUT2D eigenvalue weighted by atomic mass is 19.2. The molecule has 0 heterocycles. The van der Waals surface area contributed by atoms with Crippen LogP contribution in [0.25, 0.3) is 0 Å². The lowest BCUT2D eigenvalue weighted by Crippen LogP contribution is -2.06. The summed E-state index contributed by atoms with van der Waals surface area (Å²) >= 11 is 0. The third kappa shape index (κ3) is 2.91. The normalized spacial score (nSPS) is 10.4. The number of nitro benzene ring substituents is 1. The molecule has 110 valence electrons. The summed E-state index contributed by atoms with van der Waals surface area (Å²) in [6, 6.07) is 6.53. The van der Waals surface area contributed by atoms with Crippen molar-refractivity contribution in [3.8, 4) is 5.75 Å². The molecule has 0 saturated carbocycles. The van der Waals surface area contributed by atoms with Gasteiger partial charge in [-0.15, -0.1) is 0 Å². The number of hydrogen-bond acceptors (Lipinski definition) is 4. The van der Waals surface area contributed by atoms with Crippen LogP contribution in [0.4, 0.5) is 20.2 Å². The Morgan fingerprint density at radius 1 is 1.29 bits per heavy atom. The molecule has 0 spiro atoms. The molecule has 0 fully saturated rings. The molecular weight excluding hydrogens is 282 g/mol. The van der Waals surface area contributed by atoms with Gasteiger partial charge in [-0.3, -0.25) is 10.1 Å². The molecule has 0 radical (unpaired) electrons. The molecule has 5 nitrogen and oxygen atoms in total. The smallest absolute Gasteiger partial charge is 0.295 e. The van der Waals surface area contributed by atoms with Gasteiger partial charge < -0.3 is 10.4 Å². The van der Waals surface area contributed by atoms with Crippen molar-refractivity contribution >= 4 is 11.4 Å². The Bertz CT molecular complexity index is 705. The van der Waals surface area contributed by atoms with Crippen LogP contribution in [0, 0.1) is 28.7 Å². The van der Waals surface area contributed by atoms with E-state index >= 15 is 0 Å². The molecule has 2 aromatic rings. The van der Waals surface area contributed by atoms with Crippen LogP contribution in [0.3, 0.4) is 0 Å². The van der Waals surface area contributed by atoms with Gasteiger partial charge in [0.2, 0.25) is 0 Å². The van der Waals surface area contributed by atoms with Gasteiger partial charge in [0.05, 0.1) is 4.92 Å². The maximum absolute atomic E-state index is 13.7. The van der Waals surface area contributed by atoms with E-state index in [-0.39, 0.29) is 12.3 Å². The van der Waals surface area contributed by atoms with Crippen LogP contribution in [0.1, 0.15) is 11.1 Å². The monoisotopic (exact) mass is 294 g/mol. The summed E-state index contributed by atoms with van der Waals surface area (Å²) in [6.45, 7) is 1.61. The van der Waals surface area contributed by atoms with E-state index in [0.717, 1.165) is 6.07 Å². The predicted molar refractivity (Wildman–Crippen MR) is 73.2 cm³/mol. The van der Waals surface area contributed by atoms with Crippen LogP contribution >= 0.6 is 0 Å². The zero-order valence-electron chi connectivity index (χ0n) is 11.1. The number of nitrogens with zero attached hydrogens (tertiary/aromatic N) is 1. The second-order valence-corrected chi connectivity index (χ2v) is 4.45. The van der Waals surface area contributed by atoms with Gasteiger partial charge >= 0.3 is 0 Å². The van der Waals surface area contributed by atoms with E-state index in [4.69, 9.17) is 0 Å². The number of halogens is 2. The fraction of sp³-hybridized carbons (Fsp3) is 0.143. The molecule has 0 aliphatic rings. The highest BCUT2D eigenvalue weighted by molar-refractivity contribution is 5.63. The number of phenols is 1. The summed E-state index contributed by atoms with van der Waals surface area (Å²) in [5.41, 5.74) is -0.0709. The van der Waals surface area contributed by atoms with E-state index < -0.39 is 27.9 Å². The molecule has 0 amide bonds. The van der Waals surface area contributed by atoms with Gasteiger partial charge in [0.25, 0.3) is 5.69 Å². The predicted octanol–water partition coefficient (Wildman–Crippen LogP) is 3.50. The van der Waals surface area contributed by atoms with Gasteiger partial charge in [-0.1, -0.05) is 18.2 Å². The van der Waals surface area contributed by atoms with E-state index in [1.165, 1.54) is 0 Å². The summed E-state index contributed by atoms with van der Waals surface area (Å²) < 4.78 is 26.9. The van der Waals surface area contributed by atoms with Crippen molar-refractivity contribution in [2.75, 3.05) is 5.32 Å². The van der Waals surface area contributed by atoms with Crippen molar-refractivity contribution in [2.45, 2.75) is 13.5 Å². The first-order valence-corrected chi connectivity index (χ1v) is 6.05. The molecule has 0 atom stereocenters. The van der Waals surface area contributed by atoms with Crippen LogP contribution < -0.4 is 5.32 Å². The standard InChI is InChI=1S/C14H12F2N2O3/c1-8-3-2-4-9(14(8)19)7-17-13-11(18(20)21)6-5-10(15)12(13)16/h2-6,17,19H,7H2,1H3. The van der Waals surface area contributed by atoms with E-state index in [1.54, 1.807) is 25.1 Å². The Balaban J connectivity index is 2.33. The van der Waals surface area contributed by atoms with Crippen LogP contribution in [0.2, 0.25) is 0 Å². The topological polar surface area (TPSA) is 75.4 Å². The SMILES string of the molecule is Cc1cccc(CNc2c([N+](=O)[O-])ccc(F)c2F)c1O. The molecule has 0 aliphatic heterocycles. The van der Waals surface area contributed by atoms with Crippen LogP contribution in [-0.2, 0) is 6.54 Å². The van der Waals surface area contributed by atoms with Crippen molar-refractivity contribution in [1.29, 1.82) is 0 Å². The Morgan fingerprint density at radius 3 is 2.67 bits per heavy atom. The van der Waals surface area contributed by atoms with Crippen molar-refractivity contribution in [1.82, 2.24) is 0 Å². The van der Waals surface area contributed by atoms with Gasteiger partial charge in [0, 0.05) is 18.2 Å². The summed E-state index contributed by atoms with van der Waals surface area (Å²) in [6.07, 6.45) is 0. The Morgan fingerprint density at radius 2 is 2.00 bits per heavy atom. The zero-order chi connectivity index (χ0) is 15.6. The Kier molecular flexibility index (Phi) is 4.02. The minimum atomic E-state index is -1.32. The largest absolute Gasteiger partial charge is 0.507 e. The second-order valence-electron chi connectivity index (χ2n) is 4.45. The number of benzene rings is 2. The zero-order valence-corrected chi connectivity index (χ0v) is 11.1. The van der Waals surface area contributed by atoms with Gasteiger partial charge in [0.1, 0.15) is 5.75 Å². The third-order valence-electron chi connectivity index (χ3n) is 3.05. The average molecular weight is 294 g/mol. The quantitative estimate of drug-likeness (QED) is 0.668. The van der Waals surface area contributed by atoms with Crippen molar-refractivity contribution < 1.29 is 18.8 Å². The van der Waals surface area contributed by atoms with Crippen molar-refractivity contribution in [3.05, 3.63) is 63.2 Å². The first-order chi connectivity index (χ1) is 9.91. The number of nitrogens with one attached hydrogen (secondary N) is 1. The number of rotatable bonds is 4. The third-order valence-corrected chi connectivity index (χ3v) is 3.05. The molecule has 7 heteroatoms. The molecule has 0 aromatic heterocycles. The number of hydrogen-bond donors (Lipinski definition) is 2. The second kappa shape index (κ2) is 5.74. The summed E-state index contributed by atoms with van der Waals surface area (Å²) in [5, 5.41) is 23.2. The minimum absolute atomic E-state index is 0.00413. The Labute approximate surface area is 119 Å². The minimum Gasteiger partial charge on any atom is -0.507 e. The van der Waals surface area contributed by atoms with E-state index in [1.807, 2.05) is 0 Å². The lowest BCUT2D eigenvalue weighted by Gasteiger charge is -2.11. The molecule has 21 heavy (non-hydrogen) atoms. The fourth-order valence-electron chi connectivity index (χ4n) is 1.91. The maximum atomic E-state index is 13.7.